The van der Waals surface area contributed by atoms with Crippen LogP contribution in [0.15, 0.2) is 41.0 Å². The molecule has 2 aromatic rings. The molecule has 0 spiro atoms. The predicted octanol–water partition coefficient (Wildman–Crippen LogP) is 3.04. The summed E-state index contributed by atoms with van der Waals surface area (Å²) < 4.78 is 20.8. The first kappa shape index (κ1) is 14.0. The number of hydrogen-bond donors (Lipinski definition) is 0. The van der Waals surface area contributed by atoms with Crippen LogP contribution in [0.1, 0.15) is 23.0 Å². The second kappa shape index (κ2) is 6.65. The van der Waals surface area contributed by atoms with Crippen LogP contribution in [0.3, 0.4) is 0 Å². The summed E-state index contributed by atoms with van der Waals surface area (Å²) in [4.78, 5) is 11.5. The predicted molar refractivity (Wildman–Crippen MR) is 72.0 cm³/mol. The number of furan rings is 1. The molecule has 2 rings (SSSR count). The summed E-state index contributed by atoms with van der Waals surface area (Å²) >= 11 is 0. The topological polar surface area (TPSA) is 57.9 Å². The van der Waals surface area contributed by atoms with E-state index >= 15 is 0 Å². The Morgan fingerprint density at radius 3 is 2.35 bits per heavy atom. The fraction of sp³-hybridized carbons (Fsp3) is 0.267. The van der Waals surface area contributed by atoms with Crippen LogP contribution in [0.25, 0.3) is 0 Å². The molecule has 0 saturated carbocycles. The van der Waals surface area contributed by atoms with E-state index in [1.165, 1.54) is 13.4 Å². The monoisotopic (exact) mass is 276 g/mol. The first-order chi connectivity index (χ1) is 9.74. The van der Waals surface area contributed by atoms with Crippen molar-refractivity contribution in [3.8, 4) is 11.5 Å². The van der Waals surface area contributed by atoms with Gasteiger partial charge in [0.05, 0.1) is 20.0 Å². The molecular weight excluding hydrogens is 260 g/mol. The lowest BCUT2D eigenvalue weighted by Crippen LogP contribution is -2.05. The summed E-state index contributed by atoms with van der Waals surface area (Å²) in [6.45, 7) is 2.70. The van der Waals surface area contributed by atoms with Crippen LogP contribution in [0.4, 0.5) is 0 Å². The van der Waals surface area contributed by atoms with Gasteiger partial charge in [0.2, 0.25) is 0 Å². The lowest BCUT2D eigenvalue weighted by Gasteiger charge is -2.07. The minimum Gasteiger partial charge on any atom is -0.494 e. The summed E-state index contributed by atoms with van der Waals surface area (Å²) in [5.74, 6) is 1.45. The lowest BCUT2D eigenvalue weighted by molar-refractivity contribution is 0.0595. The van der Waals surface area contributed by atoms with Gasteiger partial charge in [0.15, 0.2) is 5.76 Å². The maximum absolute atomic E-state index is 11.5. The van der Waals surface area contributed by atoms with Gasteiger partial charge in [-0.3, -0.25) is 0 Å². The van der Waals surface area contributed by atoms with Crippen molar-refractivity contribution in [3.63, 3.8) is 0 Å². The molecule has 0 radical (unpaired) electrons. The normalized spacial score (nSPS) is 10.1. The smallest absolute Gasteiger partial charge is 0.341 e. The van der Waals surface area contributed by atoms with Crippen molar-refractivity contribution in [1.29, 1.82) is 0 Å². The van der Waals surface area contributed by atoms with Crippen molar-refractivity contribution >= 4 is 5.97 Å². The number of benzene rings is 1. The molecule has 1 aromatic heterocycles. The molecule has 0 atom stereocenters. The first-order valence-electron chi connectivity index (χ1n) is 6.25. The van der Waals surface area contributed by atoms with E-state index in [0.717, 1.165) is 5.75 Å². The van der Waals surface area contributed by atoms with E-state index in [2.05, 4.69) is 4.74 Å². The highest BCUT2D eigenvalue weighted by molar-refractivity contribution is 5.90. The molecule has 0 N–H and O–H groups in total. The number of methoxy groups -OCH3 is 1. The van der Waals surface area contributed by atoms with Gasteiger partial charge in [-0.25, -0.2) is 4.79 Å². The molecule has 5 nitrogen and oxygen atoms in total. The molecule has 5 heteroatoms. The van der Waals surface area contributed by atoms with Crippen molar-refractivity contribution in [2.24, 2.45) is 0 Å². The minimum atomic E-state index is -0.441. The van der Waals surface area contributed by atoms with Gasteiger partial charge in [-0.15, -0.1) is 0 Å². The van der Waals surface area contributed by atoms with Crippen molar-refractivity contribution in [2.75, 3.05) is 13.7 Å². The zero-order valence-corrected chi connectivity index (χ0v) is 11.4. The van der Waals surface area contributed by atoms with Gasteiger partial charge in [-0.05, 0) is 37.3 Å². The fourth-order valence-electron chi connectivity index (χ4n) is 1.69. The third-order valence-electron chi connectivity index (χ3n) is 2.66. The molecule has 0 bridgehead atoms. The Bertz CT molecular complexity index is 556. The summed E-state index contributed by atoms with van der Waals surface area (Å²) in [7, 11) is 1.33. The Morgan fingerprint density at radius 2 is 1.75 bits per heavy atom. The molecule has 0 aliphatic rings. The van der Waals surface area contributed by atoms with Crippen molar-refractivity contribution < 1.29 is 23.4 Å². The van der Waals surface area contributed by atoms with Gasteiger partial charge in [-0.2, -0.15) is 0 Å². The van der Waals surface area contributed by atoms with Gasteiger partial charge in [0, 0.05) is 0 Å². The lowest BCUT2D eigenvalue weighted by atomic mass is 10.2. The molecule has 20 heavy (non-hydrogen) atoms. The summed E-state index contributed by atoms with van der Waals surface area (Å²) in [5, 5.41) is 0. The molecule has 0 unspecified atom stereocenters. The minimum absolute atomic E-state index is 0.158. The van der Waals surface area contributed by atoms with Gasteiger partial charge in [-0.1, -0.05) is 0 Å². The molecule has 0 saturated heterocycles. The molecule has 0 amide bonds. The SMILES string of the molecule is CCOc1ccc(OCc2occc2C(=O)OC)cc1. The maximum Gasteiger partial charge on any atom is 0.341 e. The van der Waals surface area contributed by atoms with Crippen LogP contribution in [0.2, 0.25) is 0 Å². The Balaban J connectivity index is 1.98. The summed E-state index contributed by atoms with van der Waals surface area (Å²) in [5.41, 5.74) is 0.374. The van der Waals surface area contributed by atoms with Crippen LogP contribution in [0, 0.1) is 0 Å². The van der Waals surface area contributed by atoms with E-state index in [1.807, 2.05) is 19.1 Å². The summed E-state index contributed by atoms with van der Waals surface area (Å²) in [6.07, 6.45) is 1.43. The first-order valence-corrected chi connectivity index (χ1v) is 6.25. The molecule has 0 aliphatic carbocycles. The zero-order valence-electron chi connectivity index (χ0n) is 11.4. The van der Waals surface area contributed by atoms with Crippen molar-refractivity contribution in [2.45, 2.75) is 13.5 Å². The number of ether oxygens (including phenoxy) is 3. The number of hydrogen-bond acceptors (Lipinski definition) is 5. The number of rotatable bonds is 6. The van der Waals surface area contributed by atoms with E-state index in [0.29, 0.717) is 23.7 Å². The third kappa shape index (κ3) is 3.32. The van der Waals surface area contributed by atoms with E-state index in [9.17, 15) is 4.79 Å². The van der Waals surface area contributed by atoms with Crippen LogP contribution in [-0.2, 0) is 11.3 Å². The Labute approximate surface area is 117 Å². The van der Waals surface area contributed by atoms with Crippen molar-refractivity contribution in [1.82, 2.24) is 0 Å². The molecule has 106 valence electrons. The average molecular weight is 276 g/mol. The molecule has 1 aromatic carbocycles. The van der Waals surface area contributed by atoms with E-state index in [1.54, 1.807) is 18.2 Å². The highest BCUT2D eigenvalue weighted by atomic mass is 16.5. The largest absolute Gasteiger partial charge is 0.494 e. The van der Waals surface area contributed by atoms with Gasteiger partial charge in [0.1, 0.15) is 23.7 Å². The van der Waals surface area contributed by atoms with E-state index in [4.69, 9.17) is 13.9 Å². The molecule has 0 aliphatic heterocycles. The number of carbonyl (C=O) groups excluding carboxylic acids is 1. The maximum atomic E-state index is 11.5. The fourth-order valence-corrected chi connectivity index (χ4v) is 1.69. The van der Waals surface area contributed by atoms with Gasteiger partial charge >= 0.3 is 5.97 Å². The molecular formula is C15H16O5. The van der Waals surface area contributed by atoms with E-state index < -0.39 is 5.97 Å². The zero-order chi connectivity index (χ0) is 14.4. The Kier molecular flexibility index (Phi) is 4.65. The summed E-state index contributed by atoms with van der Waals surface area (Å²) in [6, 6.07) is 8.80. The standard InChI is InChI=1S/C15H16O5/c1-3-18-11-4-6-12(7-5-11)20-10-14-13(8-9-19-14)15(16)17-2/h4-9H,3,10H2,1-2H3. The average Bonchev–Trinajstić information content (AvgIpc) is 2.94. The van der Waals surface area contributed by atoms with Gasteiger partial charge < -0.3 is 18.6 Å². The molecule has 0 fully saturated rings. The quantitative estimate of drug-likeness (QED) is 0.759. The van der Waals surface area contributed by atoms with Crippen LogP contribution >= 0.6 is 0 Å². The van der Waals surface area contributed by atoms with E-state index in [-0.39, 0.29) is 6.61 Å². The highest BCUT2D eigenvalue weighted by Gasteiger charge is 2.15. The Morgan fingerprint density at radius 1 is 1.10 bits per heavy atom. The highest BCUT2D eigenvalue weighted by Crippen LogP contribution is 2.20. The molecule has 1 heterocycles. The van der Waals surface area contributed by atoms with Crippen LogP contribution in [0.5, 0.6) is 11.5 Å². The van der Waals surface area contributed by atoms with Crippen molar-refractivity contribution in [3.05, 3.63) is 47.9 Å². The second-order valence-electron chi connectivity index (χ2n) is 3.94. The van der Waals surface area contributed by atoms with Gasteiger partial charge in [0.25, 0.3) is 0 Å². The third-order valence-corrected chi connectivity index (χ3v) is 2.66. The second-order valence-corrected chi connectivity index (χ2v) is 3.94. The van der Waals surface area contributed by atoms with Crippen LogP contribution < -0.4 is 9.47 Å². The van der Waals surface area contributed by atoms with Crippen LogP contribution in [-0.4, -0.2) is 19.7 Å². The Hall–Kier alpha value is -2.43. The number of carbonyl (C=O) groups is 1. The number of esters is 1.